The fourth-order valence-electron chi connectivity index (χ4n) is 1.01. The molecule has 0 bridgehead atoms. The summed E-state index contributed by atoms with van der Waals surface area (Å²) in [6.07, 6.45) is 6.73. The molecule has 0 spiro atoms. The van der Waals surface area contributed by atoms with Gasteiger partial charge in [-0.1, -0.05) is 17.8 Å². The lowest BCUT2D eigenvalue weighted by Crippen LogP contribution is -1.83. The highest BCUT2D eigenvalue weighted by molar-refractivity contribution is 8.13. The Morgan fingerprint density at radius 3 is 3.07 bits per heavy atom. The molecular weight excluding hydrogens is 196 g/mol. The molecule has 4 heteroatoms. The predicted octanol–water partition coefficient (Wildman–Crippen LogP) is 2.40. The van der Waals surface area contributed by atoms with Crippen LogP contribution in [0, 0.1) is 6.92 Å². The number of aryl methyl sites for hydroxylation is 1. The Morgan fingerprint density at radius 2 is 2.50 bits per heavy atom. The molecule has 0 saturated carbocycles. The van der Waals surface area contributed by atoms with Crippen LogP contribution in [0.15, 0.2) is 12.3 Å². The van der Waals surface area contributed by atoms with Gasteiger partial charge in [-0.3, -0.25) is 4.79 Å². The second-order valence-electron chi connectivity index (χ2n) is 2.96. The lowest BCUT2D eigenvalue weighted by atomic mass is 10.3. The summed E-state index contributed by atoms with van der Waals surface area (Å²) in [6.45, 7) is 3.51. The fourth-order valence-corrected chi connectivity index (χ4v) is 1.55. The number of hydrogen-bond acceptors (Lipinski definition) is 3. The molecule has 1 aromatic rings. The Labute approximate surface area is 88.0 Å². The quantitative estimate of drug-likeness (QED) is 0.776. The van der Waals surface area contributed by atoms with Crippen LogP contribution >= 0.6 is 11.8 Å². The zero-order valence-corrected chi connectivity index (χ0v) is 9.23. The van der Waals surface area contributed by atoms with Crippen LogP contribution in [0.1, 0.15) is 24.9 Å². The normalized spacial score (nSPS) is 11.0. The van der Waals surface area contributed by atoms with Gasteiger partial charge in [-0.05, 0) is 19.4 Å². The van der Waals surface area contributed by atoms with Crippen LogP contribution in [0.2, 0.25) is 0 Å². The maximum Gasteiger partial charge on any atom is 0.185 e. The smallest absolute Gasteiger partial charge is 0.185 e. The molecule has 0 unspecified atom stereocenters. The van der Waals surface area contributed by atoms with E-state index < -0.39 is 0 Å². The number of thioether (sulfide) groups is 1. The number of imidazole rings is 1. The number of allylic oxidation sites excluding steroid dienone is 1. The number of aromatic amines is 1. The van der Waals surface area contributed by atoms with Gasteiger partial charge in [-0.25, -0.2) is 4.98 Å². The van der Waals surface area contributed by atoms with Crippen molar-refractivity contribution >= 4 is 23.0 Å². The highest BCUT2D eigenvalue weighted by atomic mass is 32.2. The van der Waals surface area contributed by atoms with Crippen molar-refractivity contribution in [2.24, 2.45) is 0 Å². The largest absolute Gasteiger partial charge is 0.343 e. The van der Waals surface area contributed by atoms with E-state index in [9.17, 15) is 4.79 Å². The molecule has 0 aliphatic carbocycles. The number of nitrogens with zero attached hydrogens (tertiary/aromatic N) is 1. The maximum absolute atomic E-state index is 10.6. The van der Waals surface area contributed by atoms with Crippen LogP contribution < -0.4 is 0 Å². The third-order valence-electron chi connectivity index (χ3n) is 1.61. The van der Waals surface area contributed by atoms with Crippen molar-refractivity contribution in [2.45, 2.75) is 20.3 Å². The van der Waals surface area contributed by atoms with E-state index in [0.717, 1.165) is 23.7 Å². The zero-order chi connectivity index (χ0) is 10.4. The summed E-state index contributed by atoms with van der Waals surface area (Å²) in [5.41, 5.74) is 1.01. The van der Waals surface area contributed by atoms with Crippen molar-refractivity contribution in [1.82, 2.24) is 9.97 Å². The van der Waals surface area contributed by atoms with Gasteiger partial charge < -0.3 is 4.98 Å². The third-order valence-corrected chi connectivity index (χ3v) is 2.46. The first-order valence-electron chi connectivity index (χ1n) is 4.50. The average Bonchev–Trinajstić information content (AvgIpc) is 2.50. The van der Waals surface area contributed by atoms with Crippen molar-refractivity contribution < 1.29 is 4.79 Å². The minimum absolute atomic E-state index is 0.177. The number of rotatable bonds is 4. The molecule has 76 valence electrons. The molecule has 1 rings (SSSR count). The molecule has 0 fully saturated rings. The standard InChI is InChI=1S/C10H14N2OS/c1-8-11-7-10(12-8)5-3-4-6-14-9(2)13/h3,5,7H,4,6H2,1-2H3,(H,11,12). The van der Waals surface area contributed by atoms with E-state index in [1.54, 1.807) is 13.1 Å². The summed E-state index contributed by atoms with van der Waals surface area (Å²) in [6, 6.07) is 0. The monoisotopic (exact) mass is 210 g/mol. The molecular formula is C10H14N2OS. The second-order valence-corrected chi connectivity index (χ2v) is 4.23. The molecule has 3 nitrogen and oxygen atoms in total. The first kappa shape index (κ1) is 11.0. The van der Waals surface area contributed by atoms with E-state index in [0.29, 0.717) is 0 Å². The van der Waals surface area contributed by atoms with Crippen molar-refractivity contribution in [3.05, 3.63) is 23.8 Å². The van der Waals surface area contributed by atoms with Crippen LogP contribution in [-0.2, 0) is 4.79 Å². The molecule has 1 aromatic heterocycles. The number of H-pyrrole nitrogens is 1. The molecule has 0 aliphatic heterocycles. The van der Waals surface area contributed by atoms with Gasteiger partial charge in [0.2, 0.25) is 0 Å². The summed E-state index contributed by atoms with van der Waals surface area (Å²) < 4.78 is 0. The predicted molar refractivity (Wildman–Crippen MR) is 60.1 cm³/mol. The fraction of sp³-hybridized carbons (Fsp3) is 0.400. The zero-order valence-electron chi connectivity index (χ0n) is 8.41. The van der Waals surface area contributed by atoms with Crippen LogP contribution in [0.4, 0.5) is 0 Å². The van der Waals surface area contributed by atoms with Gasteiger partial charge in [0.15, 0.2) is 5.12 Å². The average molecular weight is 210 g/mol. The summed E-state index contributed by atoms with van der Waals surface area (Å²) in [7, 11) is 0. The van der Waals surface area contributed by atoms with Gasteiger partial charge in [0.1, 0.15) is 5.82 Å². The molecule has 1 N–H and O–H groups in total. The molecule has 0 saturated heterocycles. The van der Waals surface area contributed by atoms with E-state index in [4.69, 9.17) is 0 Å². The van der Waals surface area contributed by atoms with Crippen LogP contribution in [0.25, 0.3) is 6.08 Å². The van der Waals surface area contributed by atoms with Gasteiger partial charge >= 0.3 is 0 Å². The van der Waals surface area contributed by atoms with Gasteiger partial charge in [-0.2, -0.15) is 0 Å². The Morgan fingerprint density at radius 1 is 1.71 bits per heavy atom. The molecule has 0 amide bonds. The molecule has 0 atom stereocenters. The SMILES string of the molecule is CC(=O)SCCC=Cc1cnc(C)[nH]1. The van der Waals surface area contributed by atoms with E-state index in [2.05, 4.69) is 9.97 Å². The Kier molecular flexibility index (Phi) is 4.46. The molecule has 14 heavy (non-hydrogen) atoms. The second kappa shape index (κ2) is 5.65. The van der Waals surface area contributed by atoms with Gasteiger partial charge in [0, 0.05) is 12.7 Å². The number of nitrogens with one attached hydrogen (secondary N) is 1. The highest BCUT2D eigenvalue weighted by Gasteiger charge is 1.92. The van der Waals surface area contributed by atoms with Gasteiger partial charge in [-0.15, -0.1) is 0 Å². The van der Waals surface area contributed by atoms with Crippen LogP contribution in [0.3, 0.4) is 0 Å². The van der Waals surface area contributed by atoms with Gasteiger partial charge in [0.05, 0.1) is 11.9 Å². The van der Waals surface area contributed by atoms with E-state index in [1.165, 1.54) is 11.8 Å². The molecule has 0 aliphatic rings. The van der Waals surface area contributed by atoms with Crippen LogP contribution in [-0.4, -0.2) is 20.8 Å². The summed E-state index contributed by atoms with van der Waals surface area (Å²) >= 11 is 1.36. The number of hydrogen-bond donors (Lipinski definition) is 1. The molecule has 1 heterocycles. The Balaban J connectivity index is 2.24. The first-order valence-corrected chi connectivity index (χ1v) is 5.48. The summed E-state index contributed by atoms with van der Waals surface area (Å²) in [5.74, 6) is 1.77. The minimum atomic E-state index is 0.177. The maximum atomic E-state index is 10.6. The first-order chi connectivity index (χ1) is 6.68. The minimum Gasteiger partial charge on any atom is -0.343 e. The summed E-state index contributed by atoms with van der Waals surface area (Å²) in [4.78, 5) is 17.8. The molecule has 0 aromatic carbocycles. The highest BCUT2D eigenvalue weighted by Crippen LogP contribution is 2.05. The van der Waals surface area contributed by atoms with Crippen LogP contribution in [0.5, 0.6) is 0 Å². The molecule has 0 radical (unpaired) electrons. The van der Waals surface area contributed by atoms with Crippen molar-refractivity contribution in [3.63, 3.8) is 0 Å². The van der Waals surface area contributed by atoms with E-state index in [1.807, 2.05) is 19.1 Å². The van der Waals surface area contributed by atoms with Crippen molar-refractivity contribution in [2.75, 3.05) is 5.75 Å². The van der Waals surface area contributed by atoms with E-state index in [-0.39, 0.29) is 5.12 Å². The Bertz CT molecular complexity index is 331. The van der Waals surface area contributed by atoms with Gasteiger partial charge in [0.25, 0.3) is 0 Å². The number of carbonyl (C=O) groups is 1. The number of aromatic nitrogens is 2. The summed E-state index contributed by atoms with van der Waals surface area (Å²) in [5, 5.41) is 0.177. The number of carbonyl (C=O) groups excluding carboxylic acids is 1. The third kappa shape index (κ3) is 4.28. The Hall–Kier alpha value is -1.03. The lowest BCUT2D eigenvalue weighted by Gasteiger charge is -1.90. The lowest BCUT2D eigenvalue weighted by molar-refractivity contribution is -0.109. The van der Waals surface area contributed by atoms with Crippen molar-refractivity contribution in [1.29, 1.82) is 0 Å². The van der Waals surface area contributed by atoms with E-state index >= 15 is 0 Å². The van der Waals surface area contributed by atoms with Crippen molar-refractivity contribution in [3.8, 4) is 0 Å². The topological polar surface area (TPSA) is 45.8 Å².